The van der Waals surface area contributed by atoms with Crippen LogP contribution in [0.2, 0.25) is 0 Å². The highest BCUT2D eigenvalue weighted by Crippen LogP contribution is 2.30. The largest absolute Gasteiger partial charge is 0.488 e. The number of anilines is 1. The number of unbranched alkanes of at least 4 members (excludes halogenated alkanes) is 3. The number of likely N-dealkylation sites (tertiary alicyclic amines) is 1. The number of benzene rings is 2. The molecule has 4 rings (SSSR count). The van der Waals surface area contributed by atoms with Crippen LogP contribution < -0.4 is 14.8 Å². The second kappa shape index (κ2) is 15.6. The van der Waals surface area contributed by atoms with E-state index in [9.17, 15) is 27.4 Å². The fourth-order valence-corrected chi connectivity index (χ4v) is 6.30. The fraction of sp³-hybridized carbons (Fsp3) is 0.471. The third-order valence-electron chi connectivity index (χ3n) is 7.80. The number of ether oxygens (including phenoxy) is 3. The van der Waals surface area contributed by atoms with Gasteiger partial charge in [0.05, 0.1) is 25.5 Å². The molecule has 0 aliphatic carbocycles. The highest BCUT2D eigenvalue weighted by molar-refractivity contribution is 7.86. The van der Waals surface area contributed by atoms with Crippen LogP contribution in [-0.4, -0.2) is 76.6 Å². The number of imidazole rings is 1. The van der Waals surface area contributed by atoms with E-state index in [1.807, 2.05) is 20.8 Å². The minimum absolute atomic E-state index is 0.0718. The van der Waals surface area contributed by atoms with Gasteiger partial charge in [0.1, 0.15) is 40.2 Å². The Morgan fingerprint density at radius 1 is 1.04 bits per heavy atom. The number of amides is 2. The van der Waals surface area contributed by atoms with Gasteiger partial charge < -0.3 is 29.0 Å². The summed E-state index contributed by atoms with van der Waals surface area (Å²) in [6, 6.07) is 10.8. The molecule has 1 aromatic heterocycles. The van der Waals surface area contributed by atoms with E-state index in [1.54, 1.807) is 28.8 Å². The molecule has 3 atom stereocenters. The average molecular weight is 685 g/mol. The monoisotopic (exact) mass is 684 g/mol. The van der Waals surface area contributed by atoms with E-state index in [-0.39, 0.29) is 35.9 Å². The van der Waals surface area contributed by atoms with E-state index in [0.717, 1.165) is 31.7 Å². The summed E-state index contributed by atoms with van der Waals surface area (Å²) in [5, 5.41) is 2.54. The summed E-state index contributed by atoms with van der Waals surface area (Å²) < 4.78 is 51.9. The molecule has 2 heterocycles. The summed E-state index contributed by atoms with van der Waals surface area (Å²) >= 11 is 0. The van der Waals surface area contributed by atoms with Crippen molar-refractivity contribution in [3.8, 4) is 11.5 Å². The smallest absolute Gasteiger partial charge is 0.328 e. The lowest BCUT2D eigenvalue weighted by atomic mass is 10.1. The first-order valence-electron chi connectivity index (χ1n) is 16.0. The Morgan fingerprint density at radius 3 is 2.38 bits per heavy atom. The summed E-state index contributed by atoms with van der Waals surface area (Å²) in [4.78, 5) is 45.3. The van der Waals surface area contributed by atoms with Crippen LogP contribution in [0.4, 0.5) is 5.82 Å². The Labute approximate surface area is 281 Å². The van der Waals surface area contributed by atoms with Crippen molar-refractivity contribution in [3.63, 3.8) is 0 Å². The number of rotatable bonds is 14. The molecule has 3 aromatic rings. The van der Waals surface area contributed by atoms with Gasteiger partial charge >= 0.3 is 5.97 Å². The van der Waals surface area contributed by atoms with Crippen LogP contribution in [0, 0.1) is 0 Å². The van der Waals surface area contributed by atoms with Crippen molar-refractivity contribution < 1.29 is 41.6 Å². The van der Waals surface area contributed by atoms with E-state index in [4.69, 9.17) is 14.2 Å². The summed E-state index contributed by atoms with van der Waals surface area (Å²) in [5.41, 5.74) is -0.617. The van der Waals surface area contributed by atoms with E-state index in [2.05, 4.69) is 17.2 Å². The molecule has 48 heavy (non-hydrogen) atoms. The fourth-order valence-electron chi connectivity index (χ4n) is 5.61. The molecule has 14 heteroatoms. The summed E-state index contributed by atoms with van der Waals surface area (Å²) in [6.45, 7) is 8.11. The standard InChI is InChI=1S/C34H44N4O9S/c1-6-7-8-9-13-27(37-21-30(35-22-37)36-31(39)26-12-10-11-14-29(26)48(42,43)44)32(40)38-20-25(19-28(38)33(41)45-5)46-23-15-17-24(18-16-23)47-34(2,3)4/h10-12,14-18,21-22,25,27-28H,6-9,13,19-20H2,1-5H3,(H,36,39)(H,42,43,44)/t25-,27+,28-/m0/s1. The lowest BCUT2D eigenvalue weighted by Gasteiger charge is -2.28. The number of hydrogen-bond donors (Lipinski definition) is 2. The van der Waals surface area contributed by atoms with Gasteiger partial charge in [0.2, 0.25) is 5.91 Å². The summed E-state index contributed by atoms with van der Waals surface area (Å²) in [5.74, 6) is -0.348. The normalized spacial score (nSPS) is 17.1. The number of nitrogens with zero attached hydrogens (tertiary/aromatic N) is 3. The van der Waals surface area contributed by atoms with Gasteiger partial charge in [-0.2, -0.15) is 8.42 Å². The molecule has 0 bridgehead atoms. The number of hydrogen-bond acceptors (Lipinski definition) is 9. The molecular formula is C34H44N4O9S. The minimum atomic E-state index is -4.65. The van der Waals surface area contributed by atoms with E-state index >= 15 is 0 Å². The number of methoxy groups -OCH3 is 1. The lowest BCUT2D eigenvalue weighted by molar-refractivity contribution is -0.152. The van der Waals surface area contributed by atoms with Gasteiger partial charge in [-0.3, -0.25) is 14.1 Å². The predicted octanol–water partition coefficient (Wildman–Crippen LogP) is 5.29. The molecule has 0 saturated carbocycles. The topological polar surface area (TPSA) is 166 Å². The first kappa shape index (κ1) is 36.4. The van der Waals surface area contributed by atoms with Crippen molar-refractivity contribution in [2.24, 2.45) is 0 Å². The molecule has 260 valence electrons. The second-order valence-corrected chi connectivity index (χ2v) is 14.1. The third kappa shape index (κ3) is 9.57. The molecule has 0 radical (unpaired) electrons. The molecule has 1 aliphatic rings. The highest BCUT2D eigenvalue weighted by atomic mass is 32.2. The quantitative estimate of drug-likeness (QED) is 0.129. The Kier molecular flexibility index (Phi) is 11.9. The van der Waals surface area contributed by atoms with Gasteiger partial charge in [-0.05, 0) is 63.6 Å². The second-order valence-electron chi connectivity index (χ2n) is 12.7. The molecule has 0 unspecified atom stereocenters. The molecule has 2 amide bonds. The molecule has 1 fully saturated rings. The first-order chi connectivity index (χ1) is 22.7. The minimum Gasteiger partial charge on any atom is -0.488 e. The van der Waals surface area contributed by atoms with Crippen molar-refractivity contribution in [1.29, 1.82) is 0 Å². The molecule has 1 saturated heterocycles. The molecule has 2 aromatic carbocycles. The van der Waals surface area contributed by atoms with Crippen molar-refractivity contribution in [1.82, 2.24) is 14.5 Å². The van der Waals surface area contributed by atoms with Crippen LogP contribution in [0.3, 0.4) is 0 Å². The van der Waals surface area contributed by atoms with E-state index in [1.165, 1.54) is 42.7 Å². The van der Waals surface area contributed by atoms with Gasteiger partial charge in [-0.1, -0.05) is 44.7 Å². The van der Waals surface area contributed by atoms with Crippen molar-refractivity contribution in [2.45, 2.75) is 94.9 Å². The molecule has 1 aliphatic heterocycles. The molecule has 0 spiro atoms. The number of nitrogens with one attached hydrogen (secondary N) is 1. The molecule has 2 N–H and O–H groups in total. The molecule has 13 nitrogen and oxygen atoms in total. The predicted molar refractivity (Wildman–Crippen MR) is 178 cm³/mol. The highest BCUT2D eigenvalue weighted by Gasteiger charge is 2.43. The van der Waals surface area contributed by atoms with Gasteiger partial charge in [0.15, 0.2) is 5.82 Å². The van der Waals surface area contributed by atoms with Crippen molar-refractivity contribution in [3.05, 3.63) is 66.6 Å². The SMILES string of the molecule is CCCCCC[C@H](C(=O)N1C[C@@H](Oc2ccc(OC(C)(C)C)cc2)C[C@H]1C(=O)OC)n1cnc(NC(=O)c2ccccc2S(=O)(=O)O)c1. The Hall–Kier alpha value is -4.43. The van der Waals surface area contributed by atoms with Crippen LogP contribution >= 0.6 is 0 Å². The number of aromatic nitrogens is 2. The van der Waals surface area contributed by atoms with Crippen LogP contribution in [0.1, 0.15) is 82.6 Å². The van der Waals surface area contributed by atoms with E-state index < -0.39 is 45.1 Å². The Balaban J connectivity index is 1.54. The van der Waals surface area contributed by atoms with Crippen molar-refractivity contribution >= 4 is 33.7 Å². The molecular weight excluding hydrogens is 640 g/mol. The Bertz CT molecular complexity index is 1680. The van der Waals surface area contributed by atoms with Crippen molar-refractivity contribution in [2.75, 3.05) is 19.0 Å². The first-order valence-corrected chi connectivity index (χ1v) is 17.4. The van der Waals surface area contributed by atoms with Gasteiger partial charge in [0.25, 0.3) is 16.0 Å². The van der Waals surface area contributed by atoms with E-state index in [0.29, 0.717) is 17.9 Å². The zero-order valence-corrected chi connectivity index (χ0v) is 28.7. The van der Waals surface area contributed by atoms with Gasteiger partial charge in [-0.15, -0.1) is 0 Å². The van der Waals surface area contributed by atoms with Crippen LogP contribution in [-0.2, 0) is 24.4 Å². The average Bonchev–Trinajstić information content (AvgIpc) is 3.67. The van der Waals surface area contributed by atoms with Crippen LogP contribution in [0.5, 0.6) is 11.5 Å². The van der Waals surface area contributed by atoms with Crippen LogP contribution in [0.15, 0.2) is 66.0 Å². The van der Waals surface area contributed by atoms with Crippen LogP contribution in [0.25, 0.3) is 0 Å². The Morgan fingerprint density at radius 2 is 1.73 bits per heavy atom. The number of carbonyl (C=O) groups is 3. The summed E-state index contributed by atoms with van der Waals surface area (Å²) in [7, 11) is -3.37. The zero-order valence-electron chi connectivity index (χ0n) is 27.9. The zero-order chi connectivity index (χ0) is 35.1. The number of carbonyl (C=O) groups excluding carboxylic acids is 3. The lowest BCUT2D eigenvalue weighted by Crippen LogP contribution is -2.44. The maximum Gasteiger partial charge on any atom is 0.328 e. The van der Waals surface area contributed by atoms with Gasteiger partial charge in [0, 0.05) is 12.6 Å². The maximum atomic E-state index is 14.2. The van der Waals surface area contributed by atoms with Gasteiger partial charge in [-0.25, -0.2) is 9.78 Å². The third-order valence-corrected chi connectivity index (χ3v) is 8.71. The maximum absolute atomic E-state index is 14.2. The summed E-state index contributed by atoms with van der Waals surface area (Å²) in [6.07, 6.45) is 6.71. The number of esters is 1.